The van der Waals surface area contributed by atoms with E-state index < -0.39 is 10.0 Å². The third kappa shape index (κ3) is 3.64. The van der Waals surface area contributed by atoms with Crippen molar-refractivity contribution >= 4 is 15.7 Å². The highest BCUT2D eigenvalue weighted by atomic mass is 32.2. The van der Waals surface area contributed by atoms with E-state index in [1.54, 1.807) is 6.07 Å². The van der Waals surface area contributed by atoms with Crippen molar-refractivity contribution in [1.82, 2.24) is 4.31 Å². The predicted molar refractivity (Wildman–Crippen MR) is 81.3 cm³/mol. The van der Waals surface area contributed by atoms with E-state index in [0.29, 0.717) is 12.2 Å². The van der Waals surface area contributed by atoms with Gasteiger partial charge in [0.2, 0.25) is 10.0 Å². The molecule has 0 amide bonds. The SMILES string of the molecule is COc1cc(N)ccc1S(=O)(=O)N(CC(C)C)C(C)C. The Morgan fingerprint density at radius 1 is 1.25 bits per heavy atom. The van der Waals surface area contributed by atoms with Crippen LogP contribution in [0, 0.1) is 5.92 Å². The average Bonchev–Trinajstić information content (AvgIpc) is 2.34. The molecule has 0 aliphatic carbocycles. The third-order valence-electron chi connectivity index (χ3n) is 2.90. The first-order chi connectivity index (χ1) is 9.20. The lowest BCUT2D eigenvalue weighted by molar-refractivity contribution is 0.316. The highest BCUT2D eigenvalue weighted by molar-refractivity contribution is 7.89. The van der Waals surface area contributed by atoms with E-state index in [1.807, 2.05) is 27.7 Å². The molecule has 0 aliphatic rings. The molecule has 0 heterocycles. The smallest absolute Gasteiger partial charge is 0.246 e. The highest BCUT2D eigenvalue weighted by Gasteiger charge is 2.30. The van der Waals surface area contributed by atoms with Crippen molar-refractivity contribution in [2.45, 2.75) is 38.6 Å². The fraction of sp³-hybridized carbons (Fsp3) is 0.571. The number of hydrogen-bond donors (Lipinski definition) is 1. The van der Waals surface area contributed by atoms with Crippen LogP contribution in [0.3, 0.4) is 0 Å². The molecule has 0 atom stereocenters. The number of anilines is 1. The Balaban J connectivity index is 3.33. The maximum absolute atomic E-state index is 12.8. The van der Waals surface area contributed by atoms with E-state index in [4.69, 9.17) is 10.5 Å². The fourth-order valence-corrected chi connectivity index (χ4v) is 3.91. The summed E-state index contributed by atoms with van der Waals surface area (Å²) in [5, 5.41) is 0. The van der Waals surface area contributed by atoms with Gasteiger partial charge in [0, 0.05) is 24.3 Å². The summed E-state index contributed by atoms with van der Waals surface area (Å²) >= 11 is 0. The first kappa shape index (κ1) is 16.8. The Labute approximate surface area is 121 Å². The number of rotatable bonds is 6. The summed E-state index contributed by atoms with van der Waals surface area (Å²) in [5.41, 5.74) is 6.15. The Hall–Kier alpha value is -1.27. The van der Waals surface area contributed by atoms with Crippen LogP contribution in [0.25, 0.3) is 0 Å². The van der Waals surface area contributed by atoms with Gasteiger partial charge in [0.1, 0.15) is 10.6 Å². The molecule has 2 N–H and O–H groups in total. The molecule has 114 valence electrons. The van der Waals surface area contributed by atoms with Crippen LogP contribution in [0.5, 0.6) is 5.75 Å². The normalized spacial score (nSPS) is 12.4. The van der Waals surface area contributed by atoms with Crippen molar-refractivity contribution in [3.05, 3.63) is 18.2 Å². The van der Waals surface area contributed by atoms with Gasteiger partial charge in [-0.1, -0.05) is 13.8 Å². The lowest BCUT2D eigenvalue weighted by atomic mass is 10.2. The second kappa shape index (κ2) is 6.45. The molecule has 1 aromatic rings. The summed E-state index contributed by atoms with van der Waals surface area (Å²) in [5.74, 6) is 0.520. The van der Waals surface area contributed by atoms with Gasteiger partial charge in [-0.2, -0.15) is 4.31 Å². The molecule has 0 radical (unpaired) electrons. The standard InChI is InChI=1S/C14H24N2O3S/c1-10(2)9-16(11(3)4)20(17,18)14-7-6-12(15)8-13(14)19-5/h6-8,10-11H,9,15H2,1-5H3. The average molecular weight is 300 g/mol. The van der Waals surface area contributed by atoms with Crippen LogP contribution in [-0.2, 0) is 10.0 Å². The molecule has 0 saturated heterocycles. The lowest BCUT2D eigenvalue weighted by Gasteiger charge is -2.28. The van der Waals surface area contributed by atoms with Crippen molar-refractivity contribution in [2.24, 2.45) is 5.92 Å². The number of hydrogen-bond acceptors (Lipinski definition) is 4. The minimum atomic E-state index is -3.60. The van der Waals surface area contributed by atoms with E-state index in [9.17, 15) is 8.42 Å². The van der Waals surface area contributed by atoms with Gasteiger partial charge < -0.3 is 10.5 Å². The molecule has 1 rings (SSSR count). The van der Waals surface area contributed by atoms with Gasteiger partial charge in [0.25, 0.3) is 0 Å². The van der Waals surface area contributed by atoms with Crippen LogP contribution < -0.4 is 10.5 Å². The van der Waals surface area contributed by atoms with Gasteiger partial charge >= 0.3 is 0 Å². The number of nitrogen functional groups attached to an aromatic ring is 1. The third-order valence-corrected chi connectivity index (χ3v) is 4.98. The largest absolute Gasteiger partial charge is 0.495 e. The number of ether oxygens (including phenoxy) is 1. The fourth-order valence-electron chi connectivity index (χ4n) is 1.97. The summed E-state index contributed by atoms with van der Waals surface area (Å²) in [6, 6.07) is 4.48. The Kier molecular flexibility index (Phi) is 5.42. The summed E-state index contributed by atoms with van der Waals surface area (Å²) in [6.45, 7) is 8.18. The number of nitrogens with two attached hydrogens (primary N) is 1. The molecule has 0 unspecified atom stereocenters. The van der Waals surface area contributed by atoms with Crippen LogP contribution in [0.15, 0.2) is 23.1 Å². The van der Waals surface area contributed by atoms with Crippen LogP contribution in [0.1, 0.15) is 27.7 Å². The van der Waals surface area contributed by atoms with E-state index in [2.05, 4.69) is 0 Å². The second-order valence-electron chi connectivity index (χ2n) is 5.47. The maximum atomic E-state index is 12.8. The van der Waals surface area contributed by atoms with Gasteiger partial charge in [0.15, 0.2) is 0 Å². The minimum absolute atomic E-state index is 0.121. The monoisotopic (exact) mass is 300 g/mol. The van der Waals surface area contributed by atoms with Gasteiger partial charge in [0.05, 0.1) is 7.11 Å². The molecule has 0 saturated carbocycles. The first-order valence-electron chi connectivity index (χ1n) is 6.65. The zero-order chi connectivity index (χ0) is 15.5. The molecule has 0 aliphatic heterocycles. The zero-order valence-electron chi connectivity index (χ0n) is 12.8. The molecule has 1 aromatic carbocycles. The van der Waals surface area contributed by atoms with E-state index in [-0.39, 0.29) is 22.6 Å². The van der Waals surface area contributed by atoms with Crippen LogP contribution >= 0.6 is 0 Å². The van der Waals surface area contributed by atoms with Crippen molar-refractivity contribution in [3.8, 4) is 5.75 Å². The summed E-state index contributed by atoms with van der Waals surface area (Å²) < 4.78 is 32.3. The Morgan fingerprint density at radius 2 is 1.85 bits per heavy atom. The number of methoxy groups -OCH3 is 1. The quantitative estimate of drug-likeness (QED) is 0.818. The lowest BCUT2D eigenvalue weighted by Crippen LogP contribution is -2.39. The van der Waals surface area contributed by atoms with Crippen LogP contribution in [0.4, 0.5) is 5.69 Å². The van der Waals surface area contributed by atoms with Gasteiger partial charge in [-0.3, -0.25) is 0 Å². The van der Waals surface area contributed by atoms with E-state index >= 15 is 0 Å². The van der Waals surface area contributed by atoms with E-state index in [0.717, 1.165) is 0 Å². The zero-order valence-corrected chi connectivity index (χ0v) is 13.6. The highest BCUT2D eigenvalue weighted by Crippen LogP contribution is 2.30. The summed E-state index contributed by atoms with van der Waals surface area (Å²) in [4.78, 5) is 0.156. The predicted octanol–water partition coefficient (Wildman–Crippen LogP) is 2.33. The van der Waals surface area contributed by atoms with Crippen molar-refractivity contribution in [3.63, 3.8) is 0 Å². The first-order valence-corrected chi connectivity index (χ1v) is 8.09. The molecule has 0 fully saturated rings. The van der Waals surface area contributed by atoms with Gasteiger partial charge in [-0.05, 0) is 31.9 Å². The molecular formula is C14H24N2O3S. The summed E-state index contributed by atoms with van der Waals surface area (Å²) in [7, 11) is -2.16. The number of nitrogens with zero attached hydrogens (tertiary/aromatic N) is 1. The van der Waals surface area contributed by atoms with Gasteiger partial charge in [-0.25, -0.2) is 8.42 Å². The van der Waals surface area contributed by atoms with Crippen molar-refractivity contribution in [1.29, 1.82) is 0 Å². The number of benzene rings is 1. The molecule has 6 heteroatoms. The Bertz CT molecular complexity index is 554. The Morgan fingerprint density at radius 3 is 2.30 bits per heavy atom. The van der Waals surface area contributed by atoms with Crippen molar-refractivity contribution < 1.29 is 13.2 Å². The topological polar surface area (TPSA) is 72.6 Å². The van der Waals surface area contributed by atoms with E-state index in [1.165, 1.54) is 23.5 Å². The molecular weight excluding hydrogens is 276 g/mol. The van der Waals surface area contributed by atoms with Crippen LogP contribution in [-0.4, -0.2) is 32.4 Å². The molecule has 0 aromatic heterocycles. The molecule has 20 heavy (non-hydrogen) atoms. The van der Waals surface area contributed by atoms with Crippen molar-refractivity contribution in [2.75, 3.05) is 19.4 Å². The summed E-state index contributed by atoms with van der Waals surface area (Å²) in [6.07, 6.45) is 0. The second-order valence-corrected chi connectivity index (χ2v) is 7.33. The molecule has 0 spiro atoms. The van der Waals surface area contributed by atoms with Crippen LogP contribution in [0.2, 0.25) is 0 Å². The van der Waals surface area contributed by atoms with Gasteiger partial charge in [-0.15, -0.1) is 0 Å². The maximum Gasteiger partial charge on any atom is 0.246 e. The minimum Gasteiger partial charge on any atom is -0.495 e. The number of sulfonamides is 1. The molecule has 5 nitrogen and oxygen atoms in total. The molecule has 0 bridgehead atoms.